The first-order valence-corrected chi connectivity index (χ1v) is 9.81. The number of allylic oxidation sites excluding steroid dienone is 1. The third kappa shape index (κ3) is 3.50. The maximum atomic E-state index is 12.5. The fraction of sp³-hybridized carbons (Fsp3) is 0.286. The second-order valence-electron chi connectivity index (χ2n) is 5.16. The summed E-state index contributed by atoms with van der Waals surface area (Å²) in [5, 5.41) is 18.1. The molecule has 3 rings (SSSR count). The number of carbonyl (C=O) groups is 3. The first kappa shape index (κ1) is 18.6. The number of H-pyrrole nitrogens is 1. The Morgan fingerprint density at radius 2 is 2.42 bits per heavy atom. The van der Waals surface area contributed by atoms with Crippen LogP contribution in [0.25, 0.3) is 5.57 Å². The predicted molar refractivity (Wildman–Crippen MR) is 99.5 cm³/mol. The van der Waals surface area contributed by atoms with Crippen LogP contribution < -0.4 is 5.32 Å². The molecule has 0 saturated carbocycles. The number of nitrogens with one attached hydrogen (secondary N) is 2. The smallest absolute Gasteiger partial charge is 0.253 e. The van der Waals surface area contributed by atoms with Crippen molar-refractivity contribution in [3.63, 3.8) is 0 Å². The third-order valence-electron chi connectivity index (χ3n) is 3.64. The van der Waals surface area contributed by atoms with E-state index in [1.165, 1.54) is 34.5 Å². The van der Waals surface area contributed by atoms with Gasteiger partial charge in [-0.3, -0.25) is 24.4 Å². The first-order valence-electron chi connectivity index (χ1n) is 7.27. The fourth-order valence-electron chi connectivity index (χ4n) is 2.57. The molecule has 0 radical (unpaired) electrons. The number of nitrogens with zero attached hydrogens (tertiary/aromatic N) is 4. The normalized spacial score (nSPS) is 22.0. The summed E-state index contributed by atoms with van der Waals surface area (Å²) in [6.07, 6.45) is 2.59. The second kappa shape index (κ2) is 7.98. The lowest BCUT2D eigenvalue weighted by molar-refractivity contribution is -0.146. The van der Waals surface area contributed by atoms with E-state index in [0.29, 0.717) is 17.2 Å². The van der Waals surface area contributed by atoms with E-state index in [-0.39, 0.29) is 28.6 Å². The number of rotatable bonds is 6. The zero-order chi connectivity index (χ0) is 18.7. The monoisotopic (exact) mass is 408 g/mol. The number of amides is 2. The number of hydrogen-bond donors (Lipinski definition) is 3. The summed E-state index contributed by atoms with van der Waals surface area (Å²) in [5.74, 6) is 0.241. The van der Waals surface area contributed by atoms with Crippen LogP contribution in [0.3, 0.4) is 0 Å². The van der Waals surface area contributed by atoms with Gasteiger partial charge >= 0.3 is 0 Å². The summed E-state index contributed by atoms with van der Waals surface area (Å²) in [6.45, 7) is 0. The van der Waals surface area contributed by atoms with Crippen LogP contribution in [0.1, 0.15) is 5.82 Å². The van der Waals surface area contributed by atoms with Crippen molar-refractivity contribution < 1.29 is 14.4 Å². The van der Waals surface area contributed by atoms with E-state index in [1.807, 2.05) is 6.07 Å². The van der Waals surface area contributed by atoms with Crippen molar-refractivity contribution in [2.75, 3.05) is 11.5 Å². The highest BCUT2D eigenvalue weighted by molar-refractivity contribution is 8.02. The zero-order valence-corrected chi connectivity index (χ0v) is 15.6. The molecular formula is C14H12N6O3S3. The number of thiol groups is 1. The number of β-lactam (4-membered cyclic amide) rings is 1. The van der Waals surface area contributed by atoms with Crippen LogP contribution in [0.2, 0.25) is 0 Å². The van der Waals surface area contributed by atoms with Crippen molar-refractivity contribution in [1.82, 2.24) is 25.4 Å². The fourth-order valence-corrected chi connectivity index (χ4v) is 4.65. The van der Waals surface area contributed by atoms with Crippen LogP contribution >= 0.6 is 36.2 Å². The molecule has 2 atom stereocenters. The second-order valence-corrected chi connectivity index (χ2v) is 7.57. The lowest BCUT2D eigenvalue weighted by Gasteiger charge is -2.49. The van der Waals surface area contributed by atoms with Crippen LogP contribution in [0, 0.1) is 11.3 Å². The summed E-state index contributed by atoms with van der Waals surface area (Å²) in [4.78, 5) is 41.8. The molecule has 0 unspecified atom stereocenters. The Morgan fingerprint density at radius 1 is 1.62 bits per heavy atom. The molecule has 12 heteroatoms. The molecular weight excluding hydrogens is 396 g/mol. The van der Waals surface area contributed by atoms with Crippen molar-refractivity contribution in [2.45, 2.75) is 11.4 Å². The van der Waals surface area contributed by atoms with Crippen molar-refractivity contribution in [1.29, 1.82) is 5.26 Å². The van der Waals surface area contributed by atoms with E-state index < -0.39 is 11.2 Å². The molecule has 0 bridgehead atoms. The highest BCUT2D eigenvalue weighted by Gasteiger charge is 2.54. The number of aromatic amines is 1. The van der Waals surface area contributed by atoms with E-state index in [2.05, 4.69) is 33.1 Å². The molecule has 1 aromatic heterocycles. The minimum Gasteiger partial charge on any atom is -0.341 e. The highest BCUT2D eigenvalue weighted by Crippen LogP contribution is 2.43. The SMILES string of the molecule is N#C/C=C\SCC(=O)N[C@@H]1C(=O)N2C(C(=O)S)=C(c3ncn[nH]3)CS[C@H]12. The standard InChI is InChI=1S/C14H12N6O3S3/c15-2-1-3-25-5-8(21)18-9-12(22)20-10(14(23)24)7(4-26-13(9)20)11-16-6-17-19-11/h1,3,6,9,13H,4-5H2,(H,18,21)(H,23,24)(H,16,17,19)/b3-1-/t9-,13-/m1/s1. The van der Waals surface area contributed by atoms with Gasteiger partial charge in [0.1, 0.15) is 23.4 Å². The van der Waals surface area contributed by atoms with Gasteiger partial charge in [0.05, 0.1) is 11.8 Å². The van der Waals surface area contributed by atoms with Crippen LogP contribution in [0.15, 0.2) is 23.5 Å². The van der Waals surface area contributed by atoms with Crippen LogP contribution in [-0.4, -0.2) is 59.9 Å². The van der Waals surface area contributed by atoms with E-state index in [4.69, 9.17) is 5.26 Å². The minimum atomic E-state index is -0.702. The molecule has 0 spiro atoms. The molecule has 2 N–H and O–H groups in total. The minimum absolute atomic E-state index is 0.0941. The number of aromatic nitrogens is 3. The van der Waals surface area contributed by atoms with Gasteiger partial charge in [-0.2, -0.15) is 10.4 Å². The molecule has 0 aliphatic carbocycles. The molecule has 2 aliphatic rings. The average molecular weight is 408 g/mol. The molecule has 9 nitrogen and oxygen atoms in total. The summed E-state index contributed by atoms with van der Waals surface area (Å²) >= 11 is 6.46. The van der Waals surface area contributed by atoms with E-state index in [9.17, 15) is 14.4 Å². The molecule has 2 aliphatic heterocycles. The van der Waals surface area contributed by atoms with Gasteiger partial charge in [-0.05, 0) is 5.41 Å². The van der Waals surface area contributed by atoms with Crippen molar-refractivity contribution in [3.8, 4) is 6.07 Å². The molecule has 134 valence electrons. The summed E-state index contributed by atoms with van der Waals surface area (Å²) < 4.78 is 0. The maximum absolute atomic E-state index is 12.5. The van der Waals surface area contributed by atoms with Crippen molar-refractivity contribution in [2.24, 2.45) is 0 Å². The Morgan fingerprint density at radius 3 is 3.08 bits per heavy atom. The van der Waals surface area contributed by atoms with Crippen molar-refractivity contribution in [3.05, 3.63) is 29.3 Å². The number of nitriles is 1. The Labute approximate surface area is 162 Å². The molecule has 3 heterocycles. The number of hydrogen-bond acceptors (Lipinski definition) is 8. The lowest BCUT2D eigenvalue weighted by Crippen LogP contribution is -2.70. The molecule has 2 amide bonds. The quantitative estimate of drug-likeness (QED) is 0.344. The number of carbonyl (C=O) groups excluding carboxylic acids is 3. The van der Waals surface area contributed by atoms with Crippen LogP contribution in [0.5, 0.6) is 0 Å². The van der Waals surface area contributed by atoms with Gasteiger partial charge in [-0.25, -0.2) is 4.98 Å². The maximum Gasteiger partial charge on any atom is 0.253 e. The molecule has 26 heavy (non-hydrogen) atoms. The van der Waals surface area contributed by atoms with Crippen molar-refractivity contribution >= 4 is 58.7 Å². The first-order chi connectivity index (χ1) is 12.5. The van der Waals surface area contributed by atoms with E-state index >= 15 is 0 Å². The van der Waals surface area contributed by atoms with E-state index in [1.54, 1.807) is 0 Å². The van der Waals surface area contributed by atoms with Gasteiger partial charge in [0.25, 0.3) is 5.91 Å². The highest BCUT2D eigenvalue weighted by atomic mass is 32.2. The summed E-state index contributed by atoms with van der Waals surface area (Å²) in [5.41, 5.74) is 0.717. The number of thioether (sulfide) groups is 2. The Bertz CT molecular complexity index is 845. The van der Waals surface area contributed by atoms with Gasteiger partial charge in [0.2, 0.25) is 11.0 Å². The lowest BCUT2D eigenvalue weighted by atomic mass is 10.0. The average Bonchev–Trinajstić information content (AvgIpc) is 3.16. The zero-order valence-electron chi connectivity index (χ0n) is 13.1. The van der Waals surface area contributed by atoms with Gasteiger partial charge in [-0.1, -0.05) is 12.6 Å². The van der Waals surface area contributed by atoms with E-state index in [0.717, 1.165) is 11.8 Å². The predicted octanol–water partition coefficient (Wildman–Crippen LogP) is 0.143. The van der Waals surface area contributed by atoms with Gasteiger partial charge in [0.15, 0.2) is 5.82 Å². The topological polar surface area (TPSA) is 132 Å². The Kier molecular flexibility index (Phi) is 5.70. The summed E-state index contributed by atoms with van der Waals surface area (Å²) in [6, 6.07) is 1.12. The van der Waals surface area contributed by atoms with Gasteiger partial charge in [0, 0.05) is 17.4 Å². The molecule has 0 aromatic carbocycles. The van der Waals surface area contributed by atoms with Gasteiger partial charge < -0.3 is 5.32 Å². The molecule has 1 aromatic rings. The summed E-state index contributed by atoms with van der Waals surface area (Å²) in [7, 11) is 0. The Balaban J connectivity index is 1.72. The third-order valence-corrected chi connectivity index (χ3v) is 5.89. The van der Waals surface area contributed by atoms with Crippen LogP contribution in [-0.2, 0) is 14.4 Å². The molecule has 1 saturated heterocycles. The number of fused-ring (bicyclic) bond motifs is 1. The van der Waals surface area contributed by atoms with Crippen LogP contribution in [0.4, 0.5) is 0 Å². The molecule has 1 fully saturated rings. The largest absolute Gasteiger partial charge is 0.341 e. The Hall–Kier alpha value is -2.23. The van der Waals surface area contributed by atoms with Gasteiger partial charge in [-0.15, -0.1) is 23.5 Å².